The van der Waals surface area contributed by atoms with Crippen LogP contribution in [0.25, 0.3) is 11.0 Å². The van der Waals surface area contributed by atoms with Gasteiger partial charge >= 0.3 is 0 Å². The average molecular weight is 310 g/mol. The second-order valence-corrected chi connectivity index (χ2v) is 8.45. The van der Waals surface area contributed by atoms with E-state index < -0.39 is 20.7 Å². The van der Waals surface area contributed by atoms with Gasteiger partial charge in [0.05, 0.1) is 21.9 Å². The molecular weight excluding hydrogens is 288 g/mol. The SMILES string of the molecule is CCn1c(CC(O)C(C)(C)S(C)(=O)=O)nc2ccccc21. The molecule has 116 valence electrons. The van der Waals surface area contributed by atoms with Gasteiger partial charge in [-0.3, -0.25) is 0 Å². The minimum absolute atomic E-state index is 0.211. The van der Waals surface area contributed by atoms with Gasteiger partial charge in [-0.2, -0.15) is 0 Å². The summed E-state index contributed by atoms with van der Waals surface area (Å²) in [6.07, 6.45) is 0.358. The largest absolute Gasteiger partial charge is 0.391 e. The lowest BCUT2D eigenvalue weighted by atomic mass is 10.0. The Kier molecular flexibility index (Phi) is 4.13. The molecule has 1 unspecified atom stereocenters. The highest BCUT2D eigenvalue weighted by molar-refractivity contribution is 7.92. The minimum Gasteiger partial charge on any atom is -0.391 e. The fourth-order valence-corrected chi connectivity index (χ4v) is 2.88. The van der Waals surface area contributed by atoms with E-state index in [1.807, 2.05) is 35.8 Å². The Morgan fingerprint density at radius 1 is 1.33 bits per heavy atom. The zero-order valence-electron chi connectivity index (χ0n) is 12.9. The lowest BCUT2D eigenvalue weighted by molar-refractivity contribution is 0.135. The molecule has 0 aliphatic carbocycles. The Bertz CT molecular complexity index is 747. The van der Waals surface area contributed by atoms with E-state index >= 15 is 0 Å². The first-order valence-corrected chi connectivity index (χ1v) is 8.89. The van der Waals surface area contributed by atoms with E-state index in [1.165, 1.54) is 0 Å². The Labute approximate surface area is 125 Å². The highest BCUT2D eigenvalue weighted by atomic mass is 32.2. The van der Waals surface area contributed by atoms with Gasteiger partial charge in [0.15, 0.2) is 9.84 Å². The molecule has 0 aliphatic rings. The van der Waals surface area contributed by atoms with Gasteiger partial charge in [0.25, 0.3) is 0 Å². The van der Waals surface area contributed by atoms with Crippen LogP contribution in [0, 0.1) is 0 Å². The quantitative estimate of drug-likeness (QED) is 0.914. The van der Waals surface area contributed by atoms with Gasteiger partial charge in [0, 0.05) is 19.2 Å². The standard InChI is InChI=1S/C15H22N2O3S/c1-5-17-12-9-7-6-8-11(12)16-14(17)10-13(18)15(2,3)21(4,19)20/h6-9,13,18H,5,10H2,1-4H3. The van der Waals surface area contributed by atoms with Gasteiger partial charge in [0.2, 0.25) is 0 Å². The number of rotatable bonds is 5. The number of sulfone groups is 1. The summed E-state index contributed by atoms with van der Waals surface area (Å²) in [6, 6.07) is 7.75. The second kappa shape index (κ2) is 5.42. The number of aliphatic hydroxyl groups is 1. The maximum atomic E-state index is 11.8. The molecule has 21 heavy (non-hydrogen) atoms. The van der Waals surface area contributed by atoms with E-state index in [0.29, 0.717) is 5.82 Å². The summed E-state index contributed by atoms with van der Waals surface area (Å²) in [5.41, 5.74) is 1.86. The number of nitrogens with zero attached hydrogens (tertiary/aromatic N) is 2. The van der Waals surface area contributed by atoms with E-state index in [0.717, 1.165) is 23.8 Å². The number of fused-ring (bicyclic) bond motifs is 1. The third kappa shape index (κ3) is 2.82. The summed E-state index contributed by atoms with van der Waals surface area (Å²) in [5.74, 6) is 0.711. The number of aliphatic hydroxyl groups excluding tert-OH is 1. The van der Waals surface area contributed by atoms with Gasteiger partial charge in [-0.1, -0.05) is 12.1 Å². The normalized spacial score (nSPS) is 14.5. The van der Waals surface area contributed by atoms with Crippen molar-refractivity contribution in [2.75, 3.05) is 6.26 Å². The van der Waals surface area contributed by atoms with Crippen molar-refractivity contribution in [1.29, 1.82) is 0 Å². The van der Waals surface area contributed by atoms with Gasteiger partial charge in [0.1, 0.15) is 5.82 Å². The molecule has 2 aromatic rings. The van der Waals surface area contributed by atoms with Crippen LogP contribution in [0.2, 0.25) is 0 Å². The first kappa shape index (κ1) is 16.0. The summed E-state index contributed by atoms with van der Waals surface area (Å²) in [6.45, 7) is 5.82. The Morgan fingerprint density at radius 2 is 1.95 bits per heavy atom. The Morgan fingerprint density at radius 3 is 2.52 bits per heavy atom. The van der Waals surface area contributed by atoms with E-state index in [4.69, 9.17) is 0 Å². The molecule has 0 amide bonds. The van der Waals surface area contributed by atoms with Crippen molar-refractivity contribution in [1.82, 2.24) is 9.55 Å². The lowest BCUT2D eigenvalue weighted by Gasteiger charge is -2.28. The van der Waals surface area contributed by atoms with Crippen molar-refractivity contribution in [2.24, 2.45) is 0 Å². The molecule has 1 aromatic heterocycles. The summed E-state index contributed by atoms with van der Waals surface area (Å²) in [7, 11) is -3.36. The smallest absolute Gasteiger partial charge is 0.155 e. The first-order chi connectivity index (χ1) is 9.68. The third-order valence-corrected chi connectivity index (χ3v) is 6.37. The monoisotopic (exact) mass is 310 g/mol. The molecule has 1 aromatic carbocycles. The highest BCUT2D eigenvalue weighted by Crippen LogP contribution is 2.24. The van der Waals surface area contributed by atoms with Crippen molar-refractivity contribution in [2.45, 2.75) is 44.6 Å². The van der Waals surface area contributed by atoms with Crippen LogP contribution in [0.3, 0.4) is 0 Å². The molecule has 0 saturated heterocycles. The molecule has 0 fully saturated rings. The molecule has 6 heteroatoms. The molecule has 0 radical (unpaired) electrons. The van der Waals surface area contributed by atoms with Gasteiger partial charge < -0.3 is 9.67 Å². The van der Waals surface area contributed by atoms with Crippen LogP contribution in [-0.2, 0) is 22.8 Å². The number of hydrogen-bond acceptors (Lipinski definition) is 4. The van der Waals surface area contributed by atoms with E-state index in [9.17, 15) is 13.5 Å². The second-order valence-electron chi connectivity index (χ2n) is 5.86. The molecule has 2 rings (SSSR count). The molecule has 5 nitrogen and oxygen atoms in total. The number of aromatic nitrogens is 2. The van der Waals surface area contributed by atoms with Gasteiger partial charge in [-0.15, -0.1) is 0 Å². The van der Waals surface area contributed by atoms with E-state index in [2.05, 4.69) is 4.98 Å². The number of para-hydroxylation sites is 2. The van der Waals surface area contributed by atoms with Crippen molar-refractivity contribution >= 4 is 20.9 Å². The summed E-state index contributed by atoms with van der Waals surface area (Å²) in [5, 5.41) is 10.4. The summed E-state index contributed by atoms with van der Waals surface area (Å²) in [4.78, 5) is 4.53. The zero-order valence-corrected chi connectivity index (χ0v) is 13.7. The van der Waals surface area contributed by atoms with Crippen LogP contribution >= 0.6 is 0 Å². The fraction of sp³-hybridized carbons (Fsp3) is 0.533. The number of imidazole rings is 1. The number of hydrogen-bond donors (Lipinski definition) is 1. The number of benzene rings is 1. The van der Waals surface area contributed by atoms with Crippen LogP contribution in [0.4, 0.5) is 0 Å². The maximum absolute atomic E-state index is 11.8. The molecule has 1 N–H and O–H groups in total. The van der Waals surface area contributed by atoms with Gasteiger partial charge in [-0.05, 0) is 32.9 Å². The molecule has 0 spiro atoms. The van der Waals surface area contributed by atoms with Crippen molar-refractivity contribution < 1.29 is 13.5 Å². The van der Waals surface area contributed by atoms with Crippen molar-refractivity contribution in [3.05, 3.63) is 30.1 Å². The zero-order chi connectivity index (χ0) is 15.8. The molecule has 0 aliphatic heterocycles. The molecule has 1 atom stereocenters. The predicted molar refractivity (Wildman–Crippen MR) is 84.0 cm³/mol. The maximum Gasteiger partial charge on any atom is 0.155 e. The highest BCUT2D eigenvalue weighted by Gasteiger charge is 2.38. The van der Waals surface area contributed by atoms with Crippen LogP contribution in [0.5, 0.6) is 0 Å². The van der Waals surface area contributed by atoms with Crippen LogP contribution in [-0.4, -0.2) is 40.2 Å². The van der Waals surface area contributed by atoms with Crippen LogP contribution in [0.15, 0.2) is 24.3 Å². The molecular formula is C15H22N2O3S. The third-order valence-electron chi connectivity index (χ3n) is 4.18. The predicted octanol–water partition coefficient (Wildman–Crippen LogP) is 1.78. The van der Waals surface area contributed by atoms with Crippen molar-refractivity contribution in [3.8, 4) is 0 Å². The molecule has 1 heterocycles. The van der Waals surface area contributed by atoms with Crippen molar-refractivity contribution in [3.63, 3.8) is 0 Å². The molecule has 0 bridgehead atoms. The van der Waals surface area contributed by atoms with Gasteiger partial charge in [-0.25, -0.2) is 13.4 Å². The van der Waals surface area contributed by atoms with Crippen LogP contribution in [0.1, 0.15) is 26.6 Å². The Hall–Kier alpha value is -1.40. The fourth-order valence-electron chi connectivity index (χ4n) is 2.30. The van der Waals surface area contributed by atoms with Crippen LogP contribution < -0.4 is 0 Å². The minimum atomic E-state index is -3.36. The van der Waals surface area contributed by atoms with E-state index in [1.54, 1.807) is 13.8 Å². The molecule has 0 saturated carbocycles. The first-order valence-electron chi connectivity index (χ1n) is 7.00. The summed E-state index contributed by atoms with van der Waals surface area (Å²) < 4.78 is 24.5. The average Bonchev–Trinajstić information content (AvgIpc) is 2.74. The topological polar surface area (TPSA) is 72.2 Å². The lowest BCUT2D eigenvalue weighted by Crippen LogP contribution is -2.44. The Balaban J connectivity index is 2.40. The van der Waals surface area contributed by atoms with E-state index in [-0.39, 0.29) is 6.42 Å². The summed E-state index contributed by atoms with van der Waals surface area (Å²) >= 11 is 0. The number of aryl methyl sites for hydroxylation is 1.